The molecule has 0 spiro atoms. The van der Waals surface area contributed by atoms with Crippen LogP contribution in [0.3, 0.4) is 0 Å². The third kappa shape index (κ3) is 6.32. The summed E-state index contributed by atoms with van der Waals surface area (Å²) in [5.74, 6) is 1.14. The molecule has 0 fully saturated rings. The Morgan fingerprint density at radius 2 is 1.93 bits per heavy atom. The molecule has 2 aromatic rings. The van der Waals surface area contributed by atoms with Crippen molar-refractivity contribution in [3.63, 3.8) is 0 Å². The van der Waals surface area contributed by atoms with Crippen molar-refractivity contribution in [2.24, 2.45) is 0 Å². The van der Waals surface area contributed by atoms with Crippen LogP contribution in [0.1, 0.15) is 25.0 Å². The number of amides is 1. The lowest BCUT2D eigenvalue weighted by Gasteiger charge is -2.18. The highest BCUT2D eigenvalue weighted by molar-refractivity contribution is 5.94. The molecule has 2 rings (SSSR count). The van der Waals surface area contributed by atoms with Crippen molar-refractivity contribution in [3.8, 4) is 17.6 Å². The fraction of sp³-hybridized carbons (Fsp3) is 0.333. The van der Waals surface area contributed by atoms with E-state index >= 15 is 0 Å². The predicted octanol–water partition coefficient (Wildman–Crippen LogP) is 3.43. The van der Waals surface area contributed by atoms with E-state index in [0.717, 1.165) is 5.56 Å². The van der Waals surface area contributed by atoms with E-state index in [-0.39, 0.29) is 12.5 Å². The van der Waals surface area contributed by atoms with Crippen LogP contribution in [0.25, 0.3) is 0 Å². The number of carbonyl (C=O) groups excluding carboxylic acids is 1. The highest BCUT2D eigenvalue weighted by Gasteiger charge is 2.12. The number of hydrogen-bond donors (Lipinski definition) is 1. The molecule has 0 radical (unpaired) electrons. The molecule has 0 aromatic heterocycles. The van der Waals surface area contributed by atoms with Gasteiger partial charge in [0.25, 0.3) is 0 Å². The van der Waals surface area contributed by atoms with Crippen molar-refractivity contribution >= 4 is 11.6 Å². The summed E-state index contributed by atoms with van der Waals surface area (Å²) in [6, 6.07) is 14.9. The molecule has 6 nitrogen and oxygen atoms in total. The molecule has 0 saturated heterocycles. The maximum Gasteiger partial charge on any atom is 0.238 e. The van der Waals surface area contributed by atoms with Crippen molar-refractivity contribution in [1.29, 1.82) is 5.26 Å². The Hall–Kier alpha value is -3.04. The lowest BCUT2D eigenvalue weighted by molar-refractivity contribution is -0.117. The Balaban J connectivity index is 2.01. The van der Waals surface area contributed by atoms with Crippen LogP contribution in [0.2, 0.25) is 0 Å². The van der Waals surface area contributed by atoms with Gasteiger partial charge in [0, 0.05) is 12.6 Å². The van der Waals surface area contributed by atoms with Gasteiger partial charge in [-0.3, -0.25) is 9.69 Å². The SMILES string of the molecule is CCOc1ccc(OCC)c(NC(=O)CN(C)Cc2cccc(C#N)c2)c1. The lowest BCUT2D eigenvalue weighted by Crippen LogP contribution is -2.30. The third-order valence-corrected chi connectivity index (χ3v) is 3.76. The third-order valence-electron chi connectivity index (χ3n) is 3.76. The number of nitriles is 1. The van der Waals surface area contributed by atoms with Gasteiger partial charge in [0.15, 0.2) is 0 Å². The molecule has 142 valence electrons. The zero-order valence-electron chi connectivity index (χ0n) is 16.0. The van der Waals surface area contributed by atoms with Gasteiger partial charge >= 0.3 is 0 Å². The molecule has 0 aliphatic rings. The molecule has 2 aromatic carbocycles. The summed E-state index contributed by atoms with van der Waals surface area (Å²) >= 11 is 0. The quantitative estimate of drug-likeness (QED) is 0.735. The zero-order valence-corrected chi connectivity index (χ0v) is 16.0. The molecule has 0 heterocycles. The monoisotopic (exact) mass is 367 g/mol. The second-order valence-corrected chi connectivity index (χ2v) is 6.06. The summed E-state index contributed by atoms with van der Waals surface area (Å²) in [5.41, 5.74) is 2.19. The van der Waals surface area contributed by atoms with Gasteiger partial charge in [-0.2, -0.15) is 5.26 Å². The summed E-state index contributed by atoms with van der Waals surface area (Å²) in [5, 5.41) is 11.9. The Bertz CT molecular complexity index is 815. The average molecular weight is 367 g/mol. The lowest BCUT2D eigenvalue weighted by atomic mass is 10.1. The minimum absolute atomic E-state index is 0.150. The topological polar surface area (TPSA) is 74.6 Å². The Morgan fingerprint density at radius 1 is 1.15 bits per heavy atom. The molecule has 0 aliphatic carbocycles. The largest absolute Gasteiger partial charge is 0.494 e. The molecular weight excluding hydrogens is 342 g/mol. The first-order chi connectivity index (χ1) is 13.0. The molecular formula is C21H25N3O3. The van der Waals surface area contributed by atoms with Crippen molar-refractivity contribution in [3.05, 3.63) is 53.6 Å². The number of carbonyl (C=O) groups is 1. The number of hydrogen-bond acceptors (Lipinski definition) is 5. The number of ether oxygens (including phenoxy) is 2. The van der Waals surface area contributed by atoms with E-state index in [1.807, 2.05) is 50.1 Å². The van der Waals surface area contributed by atoms with Gasteiger partial charge in [-0.1, -0.05) is 12.1 Å². The molecule has 0 saturated carbocycles. The van der Waals surface area contributed by atoms with E-state index in [1.165, 1.54) is 0 Å². The second kappa shape index (κ2) is 10.2. The molecule has 6 heteroatoms. The van der Waals surface area contributed by atoms with Crippen molar-refractivity contribution in [1.82, 2.24) is 4.90 Å². The Labute approximate surface area is 160 Å². The maximum atomic E-state index is 12.5. The van der Waals surface area contributed by atoms with Gasteiger partial charge in [0.2, 0.25) is 5.91 Å². The summed E-state index contributed by atoms with van der Waals surface area (Å²) in [6.45, 7) is 5.63. The van der Waals surface area contributed by atoms with Crippen LogP contribution in [0.15, 0.2) is 42.5 Å². The first kappa shape index (κ1) is 20.3. The fourth-order valence-corrected chi connectivity index (χ4v) is 2.69. The highest BCUT2D eigenvalue weighted by Crippen LogP contribution is 2.29. The van der Waals surface area contributed by atoms with Crippen molar-refractivity contribution < 1.29 is 14.3 Å². The van der Waals surface area contributed by atoms with E-state index in [1.54, 1.807) is 18.2 Å². The summed E-state index contributed by atoms with van der Waals surface area (Å²) in [6.07, 6.45) is 0. The Morgan fingerprint density at radius 3 is 2.63 bits per heavy atom. The van der Waals surface area contributed by atoms with Crippen LogP contribution >= 0.6 is 0 Å². The Kier molecular flexibility index (Phi) is 7.65. The van der Waals surface area contributed by atoms with Crippen LogP contribution in [0.5, 0.6) is 11.5 Å². The van der Waals surface area contributed by atoms with E-state index in [9.17, 15) is 4.79 Å². The van der Waals surface area contributed by atoms with Gasteiger partial charge in [-0.25, -0.2) is 0 Å². The number of nitrogens with zero attached hydrogens (tertiary/aromatic N) is 2. The predicted molar refractivity (Wildman–Crippen MR) is 105 cm³/mol. The number of anilines is 1. The van der Waals surface area contributed by atoms with Crippen LogP contribution in [0, 0.1) is 11.3 Å². The van der Waals surface area contributed by atoms with E-state index in [4.69, 9.17) is 14.7 Å². The second-order valence-electron chi connectivity index (χ2n) is 6.06. The fourth-order valence-electron chi connectivity index (χ4n) is 2.69. The number of likely N-dealkylation sites (N-methyl/N-ethyl adjacent to an activating group) is 1. The zero-order chi connectivity index (χ0) is 19.6. The van der Waals surface area contributed by atoms with E-state index < -0.39 is 0 Å². The van der Waals surface area contributed by atoms with Gasteiger partial charge in [-0.05, 0) is 50.7 Å². The van der Waals surface area contributed by atoms with Gasteiger partial charge in [0.1, 0.15) is 11.5 Å². The molecule has 27 heavy (non-hydrogen) atoms. The summed E-state index contributed by atoms with van der Waals surface area (Å²) in [4.78, 5) is 14.3. The molecule has 0 aliphatic heterocycles. The minimum atomic E-state index is -0.150. The smallest absolute Gasteiger partial charge is 0.238 e. The molecule has 0 atom stereocenters. The molecule has 1 N–H and O–H groups in total. The van der Waals surface area contributed by atoms with Crippen LogP contribution in [-0.4, -0.2) is 37.6 Å². The van der Waals surface area contributed by atoms with Crippen LogP contribution in [-0.2, 0) is 11.3 Å². The molecule has 0 unspecified atom stereocenters. The minimum Gasteiger partial charge on any atom is -0.494 e. The molecule has 0 bridgehead atoms. The van der Waals surface area contributed by atoms with Gasteiger partial charge in [-0.15, -0.1) is 0 Å². The average Bonchev–Trinajstić information content (AvgIpc) is 2.64. The summed E-state index contributed by atoms with van der Waals surface area (Å²) < 4.78 is 11.1. The normalized spacial score (nSPS) is 10.3. The maximum absolute atomic E-state index is 12.5. The first-order valence-electron chi connectivity index (χ1n) is 8.92. The number of rotatable bonds is 9. The van der Waals surface area contributed by atoms with Gasteiger partial charge < -0.3 is 14.8 Å². The van der Waals surface area contributed by atoms with Crippen molar-refractivity contribution in [2.45, 2.75) is 20.4 Å². The van der Waals surface area contributed by atoms with E-state index in [0.29, 0.717) is 42.5 Å². The number of nitrogens with one attached hydrogen (secondary N) is 1. The standard InChI is InChI=1S/C21H25N3O3/c1-4-26-18-9-10-20(27-5-2)19(12-18)23-21(25)15-24(3)14-17-8-6-7-16(11-17)13-22/h6-12H,4-5,14-15H2,1-3H3,(H,23,25). The molecule has 1 amide bonds. The van der Waals surface area contributed by atoms with Crippen LogP contribution < -0.4 is 14.8 Å². The van der Waals surface area contributed by atoms with Crippen LogP contribution in [0.4, 0.5) is 5.69 Å². The summed E-state index contributed by atoms with van der Waals surface area (Å²) in [7, 11) is 1.86. The van der Waals surface area contributed by atoms with Crippen molar-refractivity contribution in [2.75, 3.05) is 32.1 Å². The van der Waals surface area contributed by atoms with E-state index in [2.05, 4.69) is 11.4 Å². The van der Waals surface area contributed by atoms with Gasteiger partial charge in [0.05, 0.1) is 37.1 Å². The highest BCUT2D eigenvalue weighted by atomic mass is 16.5. The number of benzene rings is 2. The first-order valence-corrected chi connectivity index (χ1v) is 8.92.